The molecule has 1 aliphatic rings. The van der Waals surface area contributed by atoms with Crippen molar-refractivity contribution in [3.8, 4) is 17.2 Å². The van der Waals surface area contributed by atoms with Crippen LogP contribution in [0.2, 0.25) is 10.0 Å². The van der Waals surface area contributed by atoms with E-state index in [0.717, 1.165) is 19.5 Å². The Kier molecular flexibility index (Phi) is 6.68. The molecule has 10 heteroatoms. The lowest BCUT2D eigenvalue weighted by Crippen LogP contribution is -2.21. The molecule has 0 saturated carbocycles. The molecule has 0 bridgehead atoms. The Morgan fingerprint density at radius 1 is 1.03 bits per heavy atom. The number of methoxy groups -OCH3 is 2. The van der Waals surface area contributed by atoms with Crippen molar-refractivity contribution < 1.29 is 22.6 Å². The highest BCUT2D eigenvalue weighted by molar-refractivity contribution is 7.92. The molecule has 29 heavy (non-hydrogen) atoms. The average molecular weight is 461 g/mol. The van der Waals surface area contributed by atoms with Crippen LogP contribution in [0.15, 0.2) is 35.2 Å². The van der Waals surface area contributed by atoms with Crippen molar-refractivity contribution in [2.75, 3.05) is 39.1 Å². The molecule has 1 aliphatic heterocycles. The molecular weight excluding hydrogens is 439 g/mol. The van der Waals surface area contributed by atoms with E-state index in [-0.39, 0.29) is 21.8 Å². The number of benzene rings is 2. The Morgan fingerprint density at radius 2 is 1.72 bits per heavy atom. The SMILES string of the molecule is COc1cc(Cl)c(S(=O)(=O)Nc2ccc(Cl)c(OC3CCN(C)C3)c2)cc1OC. The van der Waals surface area contributed by atoms with Crippen LogP contribution in [0.4, 0.5) is 5.69 Å². The Bertz CT molecular complexity index is 1000. The third kappa shape index (κ3) is 5.01. The first kappa shape index (κ1) is 21.8. The van der Waals surface area contributed by atoms with Gasteiger partial charge < -0.3 is 19.1 Å². The summed E-state index contributed by atoms with van der Waals surface area (Å²) in [4.78, 5) is 2.02. The number of anilines is 1. The summed E-state index contributed by atoms with van der Waals surface area (Å²) in [7, 11) is 0.883. The van der Waals surface area contributed by atoms with Crippen molar-refractivity contribution in [1.29, 1.82) is 0 Å². The van der Waals surface area contributed by atoms with Crippen LogP contribution in [0.5, 0.6) is 17.2 Å². The van der Waals surface area contributed by atoms with E-state index < -0.39 is 10.0 Å². The van der Waals surface area contributed by atoms with Gasteiger partial charge >= 0.3 is 0 Å². The molecule has 158 valence electrons. The molecule has 0 spiro atoms. The van der Waals surface area contributed by atoms with Crippen LogP contribution in [0.25, 0.3) is 0 Å². The highest BCUT2D eigenvalue weighted by Gasteiger charge is 2.24. The van der Waals surface area contributed by atoms with E-state index in [0.29, 0.717) is 22.2 Å². The quantitative estimate of drug-likeness (QED) is 0.674. The summed E-state index contributed by atoms with van der Waals surface area (Å²) < 4.78 is 44.6. The maximum atomic E-state index is 12.9. The number of sulfonamides is 1. The molecule has 1 fully saturated rings. The second kappa shape index (κ2) is 8.87. The van der Waals surface area contributed by atoms with Crippen LogP contribution in [0.1, 0.15) is 6.42 Å². The summed E-state index contributed by atoms with van der Waals surface area (Å²) in [5.41, 5.74) is 0.307. The molecule has 1 heterocycles. The van der Waals surface area contributed by atoms with Gasteiger partial charge in [0, 0.05) is 31.3 Å². The van der Waals surface area contributed by atoms with Crippen LogP contribution in [-0.2, 0) is 10.0 Å². The van der Waals surface area contributed by atoms with Crippen molar-refractivity contribution in [2.24, 2.45) is 0 Å². The maximum Gasteiger partial charge on any atom is 0.263 e. The molecule has 2 aromatic carbocycles. The average Bonchev–Trinajstić information content (AvgIpc) is 3.08. The lowest BCUT2D eigenvalue weighted by Gasteiger charge is -2.17. The molecule has 1 N–H and O–H groups in total. The fourth-order valence-corrected chi connectivity index (χ4v) is 4.82. The zero-order valence-electron chi connectivity index (χ0n) is 16.2. The molecule has 0 radical (unpaired) electrons. The monoisotopic (exact) mass is 460 g/mol. The van der Waals surface area contributed by atoms with Crippen LogP contribution in [-0.4, -0.2) is 53.8 Å². The van der Waals surface area contributed by atoms with Gasteiger partial charge in [0.25, 0.3) is 10.0 Å². The summed E-state index contributed by atoms with van der Waals surface area (Å²) >= 11 is 12.4. The van der Waals surface area contributed by atoms with Crippen LogP contribution >= 0.6 is 23.2 Å². The van der Waals surface area contributed by atoms with Gasteiger partial charge in [0.15, 0.2) is 11.5 Å². The topological polar surface area (TPSA) is 77.1 Å². The maximum absolute atomic E-state index is 12.9. The van der Waals surface area contributed by atoms with Crippen molar-refractivity contribution in [3.63, 3.8) is 0 Å². The minimum Gasteiger partial charge on any atom is -0.493 e. The van der Waals surface area contributed by atoms with Gasteiger partial charge in [0.2, 0.25) is 0 Å². The number of hydrogen-bond donors (Lipinski definition) is 1. The fraction of sp³-hybridized carbons (Fsp3) is 0.368. The van der Waals surface area contributed by atoms with Crippen LogP contribution in [0, 0.1) is 0 Å². The Labute approximate surface area is 180 Å². The van der Waals surface area contributed by atoms with Gasteiger partial charge in [0.05, 0.1) is 30.0 Å². The standard InChI is InChI=1S/C19H22Cl2N2O5S/c1-23-7-6-13(11-23)28-16-8-12(4-5-14(16)20)22-29(24,25)19-10-18(27-3)17(26-2)9-15(19)21/h4-5,8-10,13,22H,6-7,11H2,1-3H3. The Morgan fingerprint density at radius 3 is 2.34 bits per heavy atom. The molecular formula is C19H22Cl2N2O5S. The van der Waals surface area contributed by atoms with Gasteiger partial charge in [-0.2, -0.15) is 0 Å². The number of halogens is 2. The zero-order valence-corrected chi connectivity index (χ0v) is 18.6. The largest absolute Gasteiger partial charge is 0.493 e. The van der Waals surface area contributed by atoms with Crippen molar-refractivity contribution in [2.45, 2.75) is 17.4 Å². The fourth-order valence-electron chi connectivity index (χ4n) is 3.08. The highest BCUT2D eigenvalue weighted by atomic mass is 35.5. The lowest BCUT2D eigenvalue weighted by molar-refractivity contribution is 0.208. The Hall–Kier alpha value is -1.87. The second-order valence-electron chi connectivity index (χ2n) is 6.68. The summed E-state index contributed by atoms with van der Waals surface area (Å²) in [5.74, 6) is 1.01. The minimum absolute atomic E-state index is 0.00431. The molecule has 0 amide bonds. The number of hydrogen-bond acceptors (Lipinski definition) is 6. The summed E-state index contributed by atoms with van der Waals surface area (Å²) in [6.07, 6.45) is 0.883. The smallest absolute Gasteiger partial charge is 0.263 e. The minimum atomic E-state index is -3.99. The van der Waals surface area contributed by atoms with Gasteiger partial charge in [-0.1, -0.05) is 23.2 Å². The van der Waals surface area contributed by atoms with Gasteiger partial charge in [-0.25, -0.2) is 8.42 Å². The number of nitrogens with zero attached hydrogens (tertiary/aromatic N) is 1. The van der Waals surface area contributed by atoms with Gasteiger partial charge in [-0.3, -0.25) is 4.72 Å². The molecule has 3 rings (SSSR count). The van der Waals surface area contributed by atoms with E-state index >= 15 is 0 Å². The number of likely N-dealkylation sites (tertiary alicyclic amines) is 1. The van der Waals surface area contributed by atoms with Crippen molar-refractivity contribution in [3.05, 3.63) is 40.4 Å². The van der Waals surface area contributed by atoms with E-state index in [2.05, 4.69) is 9.62 Å². The van der Waals surface area contributed by atoms with E-state index in [9.17, 15) is 8.42 Å². The summed E-state index contributed by atoms with van der Waals surface area (Å²) in [5, 5.41) is 0.418. The summed E-state index contributed by atoms with van der Waals surface area (Å²) in [6.45, 7) is 1.72. The number of nitrogens with one attached hydrogen (secondary N) is 1. The van der Waals surface area contributed by atoms with E-state index in [1.54, 1.807) is 18.2 Å². The van der Waals surface area contributed by atoms with Crippen molar-refractivity contribution in [1.82, 2.24) is 4.90 Å². The number of rotatable bonds is 7. The molecule has 1 saturated heterocycles. The third-order valence-electron chi connectivity index (χ3n) is 4.55. The number of likely N-dealkylation sites (N-methyl/N-ethyl adjacent to an activating group) is 1. The predicted molar refractivity (Wildman–Crippen MR) is 113 cm³/mol. The zero-order chi connectivity index (χ0) is 21.2. The molecule has 2 aromatic rings. The van der Waals surface area contributed by atoms with E-state index in [1.807, 2.05) is 7.05 Å². The highest BCUT2D eigenvalue weighted by Crippen LogP contribution is 2.37. The van der Waals surface area contributed by atoms with Gasteiger partial charge in [-0.05, 0) is 25.6 Å². The summed E-state index contributed by atoms with van der Waals surface area (Å²) in [6, 6.07) is 7.41. The Balaban J connectivity index is 1.86. The number of ether oxygens (including phenoxy) is 3. The second-order valence-corrected chi connectivity index (χ2v) is 9.14. The molecule has 7 nitrogen and oxygen atoms in total. The normalized spacial score (nSPS) is 17.2. The first-order valence-electron chi connectivity index (χ1n) is 8.82. The van der Waals surface area contributed by atoms with Gasteiger partial charge in [-0.15, -0.1) is 0 Å². The third-order valence-corrected chi connectivity index (χ3v) is 6.71. The van der Waals surface area contributed by atoms with E-state index in [1.165, 1.54) is 26.4 Å². The first-order chi connectivity index (χ1) is 13.7. The lowest BCUT2D eigenvalue weighted by atomic mass is 10.3. The van der Waals surface area contributed by atoms with Crippen LogP contribution in [0.3, 0.4) is 0 Å². The van der Waals surface area contributed by atoms with Gasteiger partial charge in [0.1, 0.15) is 16.7 Å². The first-order valence-corrected chi connectivity index (χ1v) is 11.1. The van der Waals surface area contributed by atoms with Crippen LogP contribution < -0.4 is 18.9 Å². The molecule has 0 aromatic heterocycles. The van der Waals surface area contributed by atoms with E-state index in [4.69, 9.17) is 37.4 Å². The molecule has 1 unspecified atom stereocenters. The van der Waals surface area contributed by atoms with Crippen molar-refractivity contribution >= 4 is 38.9 Å². The molecule has 1 atom stereocenters. The molecule has 0 aliphatic carbocycles. The predicted octanol–water partition coefficient (Wildman–Crippen LogP) is 3.89.